The zero-order valence-corrected chi connectivity index (χ0v) is 21.2. The molecule has 1 aliphatic rings. The Hall–Kier alpha value is -2.45. The van der Waals surface area contributed by atoms with E-state index in [1.165, 1.54) is 6.26 Å². The Bertz CT molecular complexity index is 1060. The zero-order chi connectivity index (χ0) is 24.4. The lowest BCUT2D eigenvalue weighted by Gasteiger charge is -2.41. The molecule has 0 bridgehead atoms. The monoisotopic (exact) mass is 473 g/mol. The smallest absolute Gasteiger partial charge is 0.410 e. The van der Waals surface area contributed by atoms with Crippen LogP contribution in [0.3, 0.4) is 0 Å². The molecule has 33 heavy (non-hydrogen) atoms. The maximum atomic E-state index is 12.4. The van der Waals surface area contributed by atoms with Crippen molar-refractivity contribution in [2.24, 2.45) is 5.92 Å². The van der Waals surface area contributed by atoms with Crippen molar-refractivity contribution < 1.29 is 17.9 Å². The molecule has 1 amide bonds. The van der Waals surface area contributed by atoms with E-state index < -0.39 is 15.4 Å². The molecule has 0 N–H and O–H groups in total. The van der Waals surface area contributed by atoms with Crippen molar-refractivity contribution in [3.63, 3.8) is 0 Å². The maximum Gasteiger partial charge on any atom is 0.410 e. The number of ether oxygens (including phenoxy) is 1. The average Bonchev–Trinajstić information content (AvgIpc) is 2.72. The van der Waals surface area contributed by atoms with E-state index >= 15 is 0 Å². The Labute approximate surface area is 197 Å². The second kappa shape index (κ2) is 9.81. The first kappa shape index (κ1) is 25.2. The van der Waals surface area contributed by atoms with Crippen molar-refractivity contribution in [2.45, 2.75) is 57.2 Å². The van der Waals surface area contributed by atoms with Gasteiger partial charge in [-0.1, -0.05) is 25.1 Å². The molecule has 3 rings (SSSR count). The summed E-state index contributed by atoms with van der Waals surface area (Å²) in [5.74, 6) is 0.330. The van der Waals surface area contributed by atoms with Crippen LogP contribution in [0.25, 0.3) is 11.3 Å². The molecule has 7 nitrogen and oxygen atoms in total. The van der Waals surface area contributed by atoms with E-state index in [9.17, 15) is 13.2 Å². The lowest BCUT2D eigenvalue weighted by Crippen LogP contribution is -2.51. The van der Waals surface area contributed by atoms with Crippen LogP contribution >= 0.6 is 0 Å². The Morgan fingerprint density at radius 1 is 1.18 bits per heavy atom. The number of pyridine rings is 1. The number of hydrogen-bond donors (Lipinski definition) is 0. The van der Waals surface area contributed by atoms with Crippen LogP contribution in [0.2, 0.25) is 0 Å². The van der Waals surface area contributed by atoms with Gasteiger partial charge in [0.05, 0.1) is 10.6 Å². The summed E-state index contributed by atoms with van der Waals surface area (Å²) in [6, 6.07) is 11.2. The second-order valence-electron chi connectivity index (χ2n) is 10.0. The summed E-state index contributed by atoms with van der Waals surface area (Å²) >= 11 is 0. The quantitative estimate of drug-likeness (QED) is 0.647. The van der Waals surface area contributed by atoms with Gasteiger partial charge < -0.3 is 9.64 Å². The summed E-state index contributed by atoms with van der Waals surface area (Å²) in [4.78, 5) is 21.4. The van der Waals surface area contributed by atoms with E-state index in [1.807, 2.05) is 37.9 Å². The van der Waals surface area contributed by atoms with Gasteiger partial charge in [-0.15, -0.1) is 0 Å². The average molecular weight is 474 g/mol. The number of benzene rings is 1. The van der Waals surface area contributed by atoms with Crippen LogP contribution in [0.4, 0.5) is 4.79 Å². The molecule has 180 valence electrons. The van der Waals surface area contributed by atoms with Gasteiger partial charge in [0.1, 0.15) is 5.60 Å². The number of sulfone groups is 1. The van der Waals surface area contributed by atoms with Gasteiger partial charge in [0.15, 0.2) is 9.84 Å². The molecule has 0 unspecified atom stereocenters. The Morgan fingerprint density at radius 2 is 1.85 bits per heavy atom. The number of carbonyl (C=O) groups is 1. The van der Waals surface area contributed by atoms with Crippen LogP contribution in [-0.4, -0.2) is 67.3 Å². The largest absolute Gasteiger partial charge is 0.444 e. The van der Waals surface area contributed by atoms with Gasteiger partial charge in [-0.05, 0) is 63.9 Å². The molecule has 2 heterocycles. The first-order valence-corrected chi connectivity index (χ1v) is 13.2. The van der Waals surface area contributed by atoms with E-state index in [-0.39, 0.29) is 6.09 Å². The minimum atomic E-state index is -3.21. The molecule has 2 aromatic rings. The molecule has 0 saturated carbocycles. The minimum Gasteiger partial charge on any atom is -0.444 e. The van der Waals surface area contributed by atoms with Crippen LogP contribution in [0.1, 0.15) is 39.7 Å². The van der Waals surface area contributed by atoms with E-state index in [1.54, 1.807) is 24.3 Å². The molecule has 0 radical (unpaired) electrons. The van der Waals surface area contributed by atoms with Gasteiger partial charge in [0.2, 0.25) is 0 Å². The summed E-state index contributed by atoms with van der Waals surface area (Å²) < 4.78 is 28.8. The minimum absolute atomic E-state index is 0.236. The number of rotatable bonds is 5. The van der Waals surface area contributed by atoms with Crippen molar-refractivity contribution in [1.29, 1.82) is 0 Å². The van der Waals surface area contributed by atoms with Crippen LogP contribution in [0.5, 0.6) is 0 Å². The highest BCUT2D eigenvalue weighted by Crippen LogP contribution is 2.25. The molecule has 1 aromatic carbocycles. The van der Waals surface area contributed by atoms with Crippen molar-refractivity contribution in [1.82, 2.24) is 14.8 Å². The van der Waals surface area contributed by atoms with Crippen LogP contribution < -0.4 is 0 Å². The number of piperidine rings is 1. The number of amides is 1. The SMILES string of the molecule is C[C@@H]1CN(C(=O)OC(C)(C)C)CC[C@@H]1N(C)Cc1ccc(-c2ccc(S(C)(=O)=O)cc2)nc1. The molecule has 0 aliphatic carbocycles. The summed E-state index contributed by atoms with van der Waals surface area (Å²) in [5, 5.41) is 0. The maximum absolute atomic E-state index is 12.4. The predicted octanol–water partition coefficient (Wildman–Crippen LogP) is 4.23. The molecule has 1 fully saturated rings. The lowest BCUT2D eigenvalue weighted by molar-refractivity contribution is 0.00580. The van der Waals surface area contributed by atoms with E-state index in [2.05, 4.69) is 29.9 Å². The van der Waals surface area contributed by atoms with Crippen LogP contribution in [-0.2, 0) is 21.1 Å². The van der Waals surface area contributed by atoms with E-state index in [0.717, 1.165) is 29.8 Å². The Kier molecular flexibility index (Phi) is 7.49. The number of nitrogens with zero attached hydrogens (tertiary/aromatic N) is 3. The fourth-order valence-corrected chi connectivity index (χ4v) is 4.88. The van der Waals surface area contributed by atoms with Gasteiger partial charge in [-0.3, -0.25) is 9.88 Å². The fraction of sp³-hybridized carbons (Fsp3) is 0.520. The van der Waals surface area contributed by atoms with E-state index in [0.29, 0.717) is 29.9 Å². The summed E-state index contributed by atoms with van der Waals surface area (Å²) in [7, 11) is -1.10. The number of carbonyl (C=O) groups excluding carboxylic acids is 1. The highest BCUT2D eigenvalue weighted by molar-refractivity contribution is 7.90. The summed E-state index contributed by atoms with van der Waals surface area (Å²) in [5.41, 5.74) is 2.31. The topological polar surface area (TPSA) is 79.8 Å². The molecule has 1 saturated heterocycles. The van der Waals surface area contributed by atoms with Crippen molar-refractivity contribution >= 4 is 15.9 Å². The predicted molar refractivity (Wildman–Crippen MR) is 130 cm³/mol. The standard InChI is InChI=1S/C25H35N3O4S/c1-18-16-28(24(29)32-25(2,3)4)14-13-23(18)27(5)17-19-7-12-22(26-15-19)20-8-10-21(11-9-20)33(6,30)31/h7-12,15,18,23H,13-14,16-17H2,1-6H3/t18-,23+/m1/s1. The molecular formula is C25H35N3O4S. The molecule has 8 heteroatoms. The molecule has 2 atom stereocenters. The van der Waals surface area contributed by atoms with Crippen molar-refractivity contribution in [3.05, 3.63) is 48.2 Å². The highest BCUT2D eigenvalue weighted by Gasteiger charge is 2.33. The van der Waals surface area contributed by atoms with Gasteiger partial charge in [-0.2, -0.15) is 0 Å². The first-order chi connectivity index (χ1) is 15.3. The lowest BCUT2D eigenvalue weighted by atomic mass is 9.92. The number of hydrogen-bond acceptors (Lipinski definition) is 6. The second-order valence-corrected chi connectivity index (χ2v) is 12.0. The third-order valence-electron chi connectivity index (χ3n) is 5.91. The van der Waals surface area contributed by atoms with Crippen molar-refractivity contribution in [2.75, 3.05) is 26.4 Å². The Morgan fingerprint density at radius 3 is 2.36 bits per heavy atom. The number of aromatic nitrogens is 1. The molecule has 1 aromatic heterocycles. The van der Waals surface area contributed by atoms with E-state index in [4.69, 9.17) is 4.74 Å². The fourth-order valence-electron chi connectivity index (χ4n) is 4.25. The van der Waals surface area contributed by atoms with Crippen LogP contribution in [0.15, 0.2) is 47.5 Å². The Balaban J connectivity index is 1.58. The summed E-state index contributed by atoms with van der Waals surface area (Å²) in [6.45, 7) is 9.98. The molecular weight excluding hydrogens is 438 g/mol. The van der Waals surface area contributed by atoms with Gasteiger partial charge in [-0.25, -0.2) is 13.2 Å². The first-order valence-electron chi connectivity index (χ1n) is 11.3. The zero-order valence-electron chi connectivity index (χ0n) is 20.4. The number of likely N-dealkylation sites (tertiary alicyclic amines) is 1. The van der Waals surface area contributed by atoms with Gasteiger partial charge in [0.25, 0.3) is 0 Å². The third kappa shape index (κ3) is 6.77. The van der Waals surface area contributed by atoms with Crippen LogP contribution in [0, 0.1) is 5.92 Å². The summed E-state index contributed by atoms with van der Waals surface area (Å²) in [6.07, 6.45) is 3.74. The molecule has 1 aliphatic heterocycles. The van der Waals surface area contributed by atoms with Gasteiger partial charge in [0, 0.05) is 43.7 Å². The normalized spacial score (nSPS) is 19.5. The highest BCUT2D eigenvalue weighted by atomic mass is 32.2. The third-order valence-corrected chi connectivity index (χ3v) is 7.04. The van der Waals surface area contributed by atoms with Crippen molar-refractivity contribution in [3.8, 4) is 11.3 Å². The molecule has 0 spiro atoms. The van der Waals surface area contributed by atoms with Gasteiger partial charge >= 0.3 is 6.09 Å².